The number of rotatable bonds is 2. The van der Waals surface area contributed by atoms with Gasteiger partial charge in [0.25, 0.3) is 0 Å². The molecule has 0 amide bonds. The monoisotopic (exact) mass is 220 g/mol. The first-order chi connectivity index (χ1) is 7.74. The molecule has 0 radical (unpaired) electrons. The van der Waals surface area contributed by atoms with Gasteiger partial charge in [0, 0.05) is 18.0 Å². The zero-order valence-electron chi connectivity index (χ0n) is 9.89. The summed E-state index contributed by atoms with van der Waals surface area (Å²) in [6.07, 6.45) is 11.4. The summed E-state index contributed by atoms with van der Waals surface area (Å²) in [6.45, 7) is 2.24. The summed E-state index contributed by atoms with van der Waals surface area (Å²) in [5.74, 6) is 0.777. The van der Waals surface area contributed by atoms with Crippen LogP contribution in [0.3, 0.4) is 0 Å². The molecule has 1 N–H and O–H groups in total. The molecule has 2 rings (SSSR count). The normalized spacial score (nSPS) is 31.0. The largest absolute Gasteiger partial charge is 0.385 e. The molecule has 1 fully saturated rings. The Balaban J connectivity index is 2.13. The van der Waals surface area contributed by atoms with Crippen LogP contribution >= 0.6 is 0 Å². The number of aromatic nitrogens is 2. The van der Waals surface area contributed by atoms with E-state index in [1.54, 1.807) is 12.4 Å². The summed E-state index contributed by atoms with van der Waals surface area (Å²) in [5.41, 5.74) is 0.192. The van der Waals surface area contributed by atoms with Crippen LogP contribution in [0, 0.1) is 5.92 Å². The molecule has 88 valence electrons. The van der Waals surface area contributed by atoms with E-state index in [1.807, 2.05) is 0 Å². The van der Waals surface area contributed by atoms with Crippen molar-refractivity contribution in [3.8, 4) is 0 Å². The maximum atomic E-state index is 10.7. The molecule has 1 aliphatic carbocycles. The van der Waals surface area contributed by atoms with Crippen LogP contribution < -0.4 is 0 Å². The lowest BCUT2D eigenvalue weighted by molar-refractivity contribution is 0.0189. The lowest BCUT2D eigenvalue weighted by Crippen LogP contribution is -2.25. The summed E-state index contributed by atoms with van der Waals surface area (Å²) >= 11 is 0. The van der Waals surface area contributed by atoms with Crippen LogP contribution in [0.15, 0.2) is 18.7 Å². The molecule has 1 heterocycles. The number of hydrogen-bond donors (Lipinski definition) is 1. The van der Waals surface area contributed by atoms with Crippen LogP contribution in [0.25, 0.3) is 0 Å². The van der Waals surface area contributed by atoms with Gasteiger partial charge in [-0.25, -0.2) is 9.97 Å². The van der Waals surface area contributed by atoms with E-state index < -0.39 is 5.60 Å². The topological polar surface area (TPSA) is 46.0 Å². The van der Waals surface area contributed by atoms with Crippen molar-refractivity contribution in [3.05, 3.63) is 24.3 Å². The van der Waals surface area contributed by atoms with E-state index in [0.29, 0.717) is 0 Å². The smallest absolute Gasteiger partial charge is 0.115 e. The molecule has 2 atom stereocenters. The van der Waals surface area contributed by atoms with Crippen molar-refractivity contribution < 1.29 is 5.11 Å². The van der Waals surface area contributed by atoms with Crippen LogP contribution in [-0.2, 0) is 5.60 Å². The summed E-state index contributed by atoms with van der Waals surface area (Å²) in [5, 5.41) is 10.7. The van der Waals surface area contributed by atoms with Crippen LogP contribution in [0.5, 0.6) is 0 Å². The quantitative estimate of drug-likeness (QED) is 0.779. The van der Waals surface area contributed by atoms with E-state index in [9.17, 15) is 5.11 Å². The third-order valence-corrected chi connectivity index (χ3v) is 3.84. The molecule has 16 heavy (non-hydrogen) atoms. The molecule has 1 aromatic heterocycles. The third-order valence-electron chi connectivity index (χ3n) is 3.84. The molecule has 3 nitrogen and oxygen atoms in total. The standard InChI is InChI=1S/C13H20N2O/c1-2-11-4-3-6-13(16,7-5-11)12-8-14-10-15-9-12/h8-11,16H,2-7H2,1H3. The highest BCUT2D eigenvalue weighted by Gasteiger charge is 2.32. The molecule has 1 aliphatic rings. The van der Waals surface area contributed by atoms with Crippen molar-refractivity contribution in [2.45, 2.75) is 51.0 Å². The van der Waals surface area contributed by atoms with Gasteiger partial charge in [-0.15, -0.1) is 0 Å². The van der Waals surface area contributed by atoms with E-state index in [4.69, 9.17) is 0 Å². The molecule has 1 saturated carbocycles. The van der Waals surface area contributed by atoms with Crippen molar-refractivity contribution >= 4 is 0 Å². The summed E-state index contributed by atoms with van der Waals surface area (Å²) in [7, 11) is 0. The maximum Gasteiger partial charge on any atom is 0.115 e. The van der Waals surface area contributed by atoms with E-state index in [2.05, 4.69) is 16.9 Å². The van der Waals surface area contributed by atoms with Crippen LogP contribution in [0.1, 0.15) is 51.0 Å². The SMILES string of the molecule is CCC1CCCC(O)(c2cncnc2)CC1. The Morgan fingerprint density at radius 3 is 2.75 bits per heavy atom. The number of aliphatic hydroxyl groups is 1. The van der Waals surface area contributed by atoms with Crippen molar-refractivity contribution in [1.82, 2.24) is 9.97 Å². The Kier molecular flexibility index (Phi) is 3.54. The highest BCUT2D eigenvalue weighted by molar-refractivity contribution is 5.14. The fourth-order valence-electron chi connectivity index (χ4n) is 2.63. The Hall–Kier alpha value is -0.960. The first kappa shape index (κ1) is 11.5. The minimum absolute atomic E-state index is 0.689. The van der Waals surface area contributed by atoms with Gasteiger partial charge in [-0.1, -0.05) is 19.8 Å². The first-order valence-corrected chi connectivity index (χ1v) is 6.22. The average molecular weight is 220 g/mol. The van der Waals surface area contributed by atoms with E-state index in [0.717, 1.165) is 37.2 Å². The fourth-order valence-corrected chi connectivity index (χ4v) is 2.63. The van der Waals surface area contributed by atoms with E-state index >= 15 is 0 Å². The fraction of sp³-hybridized carbons (Fsp3) is 0.692. The summed E-state index contributed by atoms with van der Waals surface area (Å²) in [6, 6.07) is 0. The molecule has 0 spiro atoms. The Bertz CT molecular complexity index is 328. The molecule has 0 aromatic carbocycles. The van der Waals surface area contributed by atoms with E-state index in [1.165, 1.54) is 19.2 Å². The average Bonchev–Trinajstić information content (AvgIpc) is 2.53. The predicted molar refractivity (Wildman–Crippen MR) is 62.8 cm³/mol. The maximum absolute atomic E-state index is 10.7. The Morgan fingerprint density at radius 1 is 1.31 bits per heavy atom. The second-order valence-corrected chi connectivity index (χ2v) is 4.86. The molecular formula is C13H20N2O. The molecule has 0 bridgehead atoms. The molecule has 3 heteroatoms. The second kappa shape index (κ2) is 4.91. The molecule has 2 unspecified atom stereocenters. The van der Waals surface area contributed by atoms with Crippen LogP contribution in [-0.4, -0.2) is 15.1 Å². The van der Waals surface area contributed by atoms with Gasteiger partial charge >= 0.3 is 0 Å². The van der Waals surface area contributed by atoms with Crippen molar-refractivity contribution in [3.63, 3.8) is 0 Å². The zero-order valence-corrected chi connectivity index (χ0v) is 9.89. The summed E-state index contributed by atoms with van der Waals surface area (Å²) in [4.78, 5) is 8.01. The van der Waals surface area contributed by atoms with Gasteiger partial charge in [-0.2, -0.15) is 0 Å². The highest BCUT2D eigenvalue weighted by Crippen LogP contribution is 2.37. The second-order valence-electron chi connectivity index (χ2n) is 4.86. The van der Waals surface area contributed by atoms with E-state index in [-0.39, 0.29) is 0 Å². The van der Waals surface area contributed by atoms with Gasteiger partial charge in [0.15, 0.2) is 0 Å². The Morgan fingerprint density at radius 2 is 2.06 bits per heavy atom. The molecular weight excluding hydrogens is 200 g/mol. The lowest BCUT2D eigenvalue weighted by atomic mass is 9.88. The first-order valence-electron chi connectivity index (χ1n) is 6.22. The minimum atomic E-state index is -0.689. The molecule has 0 saturated heterocycles. The van der Waals surface area contributed by atoms with Gasteiger partial charge in [0.05, 0.1) is 5.60 Å². The van der Waals surface area contributed by atoms with Crippen molar-refractivity contribution in [2.24, 2.45) is 5.92 Å². The third kappa shape index (κ3) is 2.40. The molecule has 1 aromatic rings. The predicted octanol–water partition coefficient (Wildman–Crippen LogP) is 2.65. The zero-order chi connectivity index (χ0) is 11.4. The van der Waals surface area contributed by atoms with Gasteiger partial charge < -0.3 is 5.11 Å². The van der Waals surface area contributed by atoms with Gasteiger partial charge in [-0.3, -0.25) is 0 Å². The van der Waals surface area contributed by atoms with Crippen molar-refractivity contribution in [2.75, 3.05) is 0 Å². The number of nitrogens with zero attached hydrogens (tertiary/aromatic N) is 2. The van der Waals surface area contributed by atoms with Crippen molar-refractivity contribution in [1.29, 1.82) is 0 Å². The van der Waals surface area contributed by atoms with Crippen LogP contribution in [0.2, 0.25) is 0 Å². The number of hydrogen-bond acceptors (Lipinski definition) is 3. The highest BCUT2D eigenvalue weighted by atomic mass is 16.3. The van der Waals surface area contributed by atoms with Crippen LogP contribution in [0.4, 0.5) is 0 Å². The minimum Gasteiger partial charge on any atom is -0.385 e. The summed E-state index contributed by atoms with van der Waals surface area (Å²) < 4.78 is 0. The lowest BCUT2D eigenvalue weighted by Gasteiger charge is -2.26. The molecule has 0 aliphatic heterocycles. The Labute approximate surface area is 96.9 Å². The van der Waals surface area contributed by atoms with Gasteiger partial charge in [-0.05, 0) is 31.6 Å². The van der Waals surface area contributed by atoms with Gasteiger partial charge in [0.1, 0.15) is 6.33 Å². The van der Waals surface area contributed by atoms with Gasteiger partial charge in [0.2, 0.25) is 0 Å².